The van der Waals surface area contributed by atoms with Gasteiger partial charge in [-0.1, -0.05) is 25.5 Å². The van der Waals surface area contributed by atoms with Crippen molar-refractivity contribution in [3.63, 3.8) is 0 Å². The van der Waals surface area contributed by atoms with Gasteiger partial charge in [0.2, 0.25) is 5.91 Å². The van der Waals surface area contributed by atoms with Gasteiger partial charge in [0.15, 0.2) is 0 Å². The maximum Gasteiger partial charge on any atom is 0.308 e. The average molecular weight is 526 g/mol. The van der Waals surface area contributed by atoms with E-state index in [-0.39, 0.29) is 24.4 Å². The number of aromatic nitrogens is 2. The molecule has 3 atom stereocenters. The molecule has 0 radical (unpaired) electrons. The molecule has 0 unspecified atom stereocenters. The lowest BCUT2D eigenvalue weighted by Crippen LogP contribution is -2.45. The van der Waals surface area contributed by atoms with Gasteiger partial charge >= 0.3 is 5.97 Å². The van der Waals surface area contributed by atoms with Gasteiger partial charge in [-0.05, 0) is 49.4 Å². The topological polar surface area (TPSA) is 114 Å². The first-order chi connectivity index (χ1) is 18.4. The summed E-state index contributed by atoms with van der Waals surface area (Å²) in [5.41, 5.74) is 7.84. The van der Waals surface area contributed by atoms with Gasteiger partial charge < -0.3 is 25.0 Å². The molecule has 1 saturated heterocycles. The fraction of sp³-hybridized carbons (Fsp3) is 0.621. The minimum absolute atomic E-state index is 0.0737. The van der Waals surface area contributed by atoms with E-state index in [1.54, 1.807) is 6.20 Å². The number of carboxylic acids is 1. The Morgan fingerprint density at radius 3 is 2.76 bits per heavy atom. The number of imidazole rings is 1. The summed E-state index contributed by atoms with van der Waals surface area (Å²) in [6.07, 6.45) is 9.53. The minimum Gasteiger partial charge on any atom is -0.493 e. The molecule has 4 rings (SSSR count). The van der Waals surface area contributed by atoms with Crippen LogP contribution in [0.15, 0.2) is 30.6 Å². The van der Waals surface area contributed by atoms with Crippen molar-refractivity contribution in [2.24, 2.45) is 18.7 Å². The van der Waals surface area contributed by atoms with Crippen molar-refractivity contribution in [1.82, 2.24) is 19.4 Å². The van der Waals surface area contributed by atoms with Crippen molar-refractivity contribution in [2.45, 2.75) is 63.8 Å². The van der Waals surface area contributed by atoms with Crippen LogP contribution in [0.4, 0.5) is 0 Å². The molecule has 3 N–H and O–H groups in total. The quantitative estimate of drug-likeness (QED) is 0.365. The summed E-state index contributed by atoms with van der Waals surface area (Å²) in [6, 6.07) is 5.83. The van der Waals surface area contributed by atoms with Crippen molar-refractivity contribution in [2.75, 3.05) is 39.3 Å². The molecular weight excluding hydrogens is 482 g/mol. The van der Waals surface area contributed by atoms with Crippen LogP contribution in [0.25, 0.3) is 0 Å². The summed E-state index contributed by atoms with van der Waals surface area (Å²) in [6.45, 7) is 5.59. The van der Waals surface area contributed by atoms with E-state index in [0.717, 1.165) is 61.3 Å². The Hall–Kier alpha value is -2.91. The molecule has 1 aromatic heterocycles. The van der Waals surface area contributed by atoms with Crippen LogP contribution in [-0.2, 0) is 29.5 Å². The first-order valence-electron chi connectivity index (χ1n) is 14.1. The number of hydrogen-bond acceptors (Lipinski definition) is 6. The molecule has 0 saturated carbocycles. The molecule has 2 aliphatic rings. The summed E-state index contributed by atoms with van der Waals surface area (Å²) in [7, 11) is 1.95. The number of aliphatic carboxylic acids is 1. The zero-order valence-electron chi connectivity index (χ0n) is 22.8. The molecular formula is C29H43N5O4. The number of amides is 1. The summed E-state index contributed by atoms with van der Waals surface area (Å²) >= 11 is 0. The third-order valence-electron chi connectivity index (χ3n) is 8.11. The monoisotopic (exact) mass is 525 g/mol. The number of rotatable bonds is 14. The third kappa shape index (κ3) is 6.56. The van der Waals surface area contributed by atoms with Gasteiger partial charge in [-0.3, -0.25) is 14.5 Å². The van der Waals surface area contributed by atoms with E-state index in [0.29, 0.717) is 39.1 Å². The van der Waals surface area contributed by atoms with E-state index in [1.807, 2.05) is 34.8 Å². The van der Waals surface area contributed by atoms with Crippen LogP contribution in [-0.4, -0.2) is 81.7 Å². The van der Waals surface area contributed by atoms with Crippen LogP contribution in [0.5, 0.6) is 5.75 Å². The van der Waals surface area contributed by atoms with Crippen LogP contribution in [0, 0.1) is 5.92 Å². The van der Waals surface area contributed by atoms with E-state index >= 15 is 0 Å². The Kier molecular flexibility index (Phi) is 9.80. The first kappa shape index (κ1) is 28.1. The van der Waals surface area contributed by atoms with Gasteiger partial charge in [0.1, 0.15) is 11.6 Å². The molecule has 1 aromatic carbocycles. The maximum atomic E-state index is 13.6. The van der Waals surface area contributed by atoms with E-state index in [9.17, 15) is 14.7 Å². The summed E-state index contributed by atoms with van der Waals surface area (Å²) in [5.74, 6) is 0.275. The number of carbonyl (C=O) groups is 2. The Labute approximate surface area is 226 Å². The SMILES string of the molecule is CCCCN(CCCCN)C(=O)CN1C[C@H](c2ccc3c(c2)CCO3)[C@@H](C(=O)O)[C@@H]1CCc1nccn1C. The summed E-state index contributed by atoms with van der Waals surface area (Å²) < 4.78 is 7.66. The van der Waals surface area contributed by atoms with Crippen molar-refractivity contribution in [3.8, 4) is 5.75 Å². The zero-order chi connectivity index (χ0) is 27.1. The molecule has 0 aliphatic carbocycles. The van der Waals surface area contributed by atoms with E-state index in [4.69, 9.17) is 10.5 Å². The number of nitrogens with zero attached hydrogens (tertiary/aromatic N) is 4. The highest BCUT2D eigenvalue weighted by atomic mass is 16.5. The van der Waals surface area contributed by atoms with Crippen LogP contribution >= 0.6 is 0 Å². The van der Waals surface area contributed by atoms with E-state index in [2.05, 4.69) is 22.9 Å². The van der Waals surface area contributed by atoms with Crippen LogP contribution in [0.3, 0.4) is 0 Å². The number of carboxylic acid groups (broad SMARTS) is 1. The molecule has 1 fully saturated rings. The van der Waals surface area contributed by atoms with Crippen LogP contribution in [0.1, 0.15) is 61.9 Å². The second kappa shape index (κ2) is 13.2. The number of likely N-dealkylation sites (tertiary alicyclic amines) is 1. The van der Waals surface area contributed by atoms with Gasteiger partial charge in [0.05, 0.1) is 19.1 Å². The highest BCUT2D eigenvalue weighted by molar-refractivity contribution is 5.79. The molecule has 208 valence electrons. The highest BCUT2D eigenvalue weighted by Gasteiger charge is 2.47. The second-order valence-electron chi connectivity index (χ2n) is 10.7. The predicted molar refractivity (Wildman–Crippen MR) is 146 cm³/mol. The van der Waals surface area contributed by atoms with Gasteiger partial charge in [0, 0.05) is 63.9 Å². The van der Waals surface area contributed by atoms with E-state index < -0.39 is 11.9 Å². The third-order valence-corrected chi connectivity index (χ3v) is 8.11. The molecule has 0 spiro atoms. The van der Waals surface area contributed by atoms with E-state index in [1.165, 1.54) is 0 Å². The normalized spacial score (nSPS) is 20.9. The number of benzene rings is 1. The van der Waals surface area contributed by atoms with Crippen LogP contribution < -0.4 is 10.5 Å². The minimum atomic E-state index is -0.808. The smallest absolute Gasteiger partial charge is 0.308 e. The molecule has 2 aliphatic heterocycles. The maximum absolute atomic E-state index is 13.6. The Morgan fingerprint density at radius 1 is 1.24 bits per heavy atom. The van der Waals surface area contributed by atoms with Gasteiger partial charge in [-0.2, -0.15) is 0 Å². The number of carbonyl (C=O) groups excluding carboxylic acids is 1. The molecule has 1 amide bonds. The standard InChI is InChI=1S/C29H43N5O4/c1-3-4-14-33(15-6-5-12-30)27(35)20-34-19-23(21-7-9-25-22(18-21)11-17-38-25)28(29(36)37)24(34)8-10-26-31-13-16-32(26)2/h7,9,13,16,18,23-24,28H,3-6,8,10-12,14-15,17,19-20,30H2,1-2H3,(H,36,37)/t23-,24+,28-/m1/s1. The molecule has 9 nitrogen and oxygen atoms in total. The second-order valence-corrected chi connectivity index (χ2v) is 10.7. The van der Waals surface area contributed by atoms with Gasteiger partial charge in [0.25, 0.3) is 0 Å². The summed E-state index contributed by atoms with van der Waals surface area (Å²) in [5, 5.41) is 10.5. The molecule has 3 heterocycles. The zero-order valence-corrected chi connectivity index (χ0v) is 22.8. The first-order valence-corrected chi connectivity index (χ1v) is 14.1. The lowest BCUT2D eigenvalue weighted by atomic mass is 9.83. The molecule has 0 bridgehead atoms. The van der Waals surface area contributed by atoms with Crippen LogP contribution in [0.2, 0.25) is 0 Å². The average Bonchev–Trinajstić information content (AvgIpc) is 3.62. The molecule has 9 heteroatoms. The largest absolute Gasteiger partial charge is 0.493 e. The van der Waals surface area contributed by atoms with Gasteiger partial charge in [-0.25, -0.2) is 4.98 Å². The number of ether oxygens (including phenoxy) is 1. The van der Waals surface area contributed by atoms with Crippen molar-refractivity contribution < 1.29 is 19.4 Å². The molecule has 38 heavy (non-hydrogen) atoms. The van der Waals surface area contributed by atoms with Crippen molar-refractivity contribution >= 4 is 11.9 Å². The lowest BCUT2D eigenvalue weighted by Gasteiger charge is -2.29. The predicted octanol–water partition coefficient (Wildman–Crippen LogP) is 2.82. The number of unbranched alkanes of at least 4 members (excludes halogenated alkanes) is 2. The highest BCUT2D eigenvalue weighted by Crippen LogP contribution is 2.41. The summed E-state index contributed by atoms with van der Waals surface area (Å²) in [4.78, 5) is 34.9. The fourth-order valence-corrected chi connectivity index (χ4v) is 5.97. The van der Waals surface area contributed by atoms with Gasteiger partial charge in [-0.15, -0.1) is 0 Å². The molecule has 2 aromatic rings. The Bertz CT molecular complexity index is 1090. The number of hydrogen-bond donors (Lipinski definition) is 2. The Morgan fingerprint density at radius 2 is 2.05 bits per heavy atom. The lowest BCUT2D eigenvalue weighted by molar-refractivity contribution is -0.143. The Balaban J connectivity index is 1.58. The number of nitrogens with two attached hydrogens (primary N) is 1. The van der Waals surface area contributed by atoms with Crippen molar-refractivity contribution in [1.29, 1.82) is 0 Å². The number of aryl methyl sites for hydroxylation is 2. The fourth-order valence-electron chi connectivity index (χ4n) is 5.97. The van der Waals surface area contributed by atoms with Crippen molar-refractivity contribution in [3.05, 3.63) is 47.5 Å². The number of fused-ring (bicyclic) bond motifs is 1.